The monoisotopic (exact) mass is 414 g/mol. The molecule has 0 spiro atoms. The first-order chi connectivity index (χ1) is 14.4. The standard InChI is InChI=1S/C25H28F2O3/c1-3-5-18-6-8-19(9-7-18)20-10-14-23(15-11-20)30-25(26,27)21-12-16-22(17-13-21)29-24(28)4-2/h4,10-19H,2-3,5-9H2,1H3. The summed E-state index contributed by atoms with van der Waals surface area (Å²) < 4.78 is 38.9. The summed E-state index contributed by atoms with van der Waals surface area (Å²) >= 11 is 0. The van der Waals surface area contributed by atoms with Gasteiger partial charge in [0, 0.05) is 6.08 Å². The molecule has 30 heavy (non-hydrogen) atoms. The van der Waals surface area contributed by atoms with E-state index in [1.165, 1.54) is 55.5 Å². The van der Waals surface area contributed by atoms with Crippen molar-refractivity contribution in [2.75, 3.05) is 0 Å². The largest absolute Gasteiger partial charge is 0.429 e. The topological polar surface area (TPSA) is 35.5 Å². The van der Waals surface area contributed by atoms with Crippen LogP contribution in [0.15, 0.2) is 61.2 Å². The van der Waals surface area contributed by atoms with E-state index in [1.807, 2.05) is 12.1 Å². The van der Waals surface area contributed by atoms with Crippen molar-refractivity contribution in [2.24, 2.45) is 5.92 Å². The summed E-state index contributed by atoms with van der Waals surface area (Å²) in [4.78, 5) is 11.2. The zero-order valence-corrected chi connectivity index (χ0v) is 17.3. The zero-order valence-electron chi connectivity index (χ0n) is 17.3. The van der Waals surface area contributed by atoms with Crippen LogP contribution in [0.5, 0.6) is 11.5 Å². The Hall–Kier alpha value is -2.69. The van der Waals surface area contributed by atoms with E-state index >= 15 is 0 Å². The second-order valence-corrected chi connectivity index (χ2v) is 7.84. The lowest BCUT2D eigenvalue weighted by Gasteiger charge is -2.28. The molecule has 0 aliphatic heterocycles. The molecule has 2 aromatic rings. The minimum Gasteiger partial charge on any atom is -0.429 e. The van der Waals surface area contributed by atoms with E-state index in [0.717, 1.165) is 24.8 Å². The lowest BCUT2D eigenvalue weighted by molar-refractivity contribution is -0.185. The maximum atomic E-state index is 14.5. The van der Waals surface area contributed by atoms with Gasteiger partial charge in [-0.3, -0.25) is 0 Å². The third kappa shape index (κ3) is 5.68. The molecule has 0 radical (unpaired) electrons. The van der Waals surface area contributed by atoms with Gasteiger partial charge in [0.2, 0.25) is 0 Å². The van der Waals surface area contributed by atoms with E-state index in [2.05, 4.69) is 13.5 Å². The molecule has 3 rings (SSSR count). The van der Waals surface area contributed by atoms with Crippen LogP contribution in [0.2, 0.25) is 0 Å². The van der Waals surface area contributed by atoms with Crippen LogP contribution in [0.4, 0.5) is 8.78 Å². The quantitative estimate of drug-likeness (QED) is 0.265. The number of hydrogen-bond acceptors (Lipinski definition) is 3. The number of rotatable bonds is 8. The van der Waals surface area contributed by atoms with Crippen LogP contribution >= 0.6 is 0 Å². The maximum Gasteiger partial charge on any atom is 0.426 e. The summed E-state index contributed by atoms with van der Waals surface area (Å²) in [5.74, 6) is 0.963. The molecular formula is C25H28F2O3. The molecule has 3 nitrogen and oxygen atoms in total. The fraction of sp³-hybridized carbons (Fsp3) is 0.400. The van der Waals surface area contributed by atoms with E-state index in [0.29, 0.717) is 5.92 Å². The summed E-state index contributed by atoms with van der Waals surface area (Å²) in [6.07, 6.45) is 4.84. The Morgan fingerprint density at radius 3 is 2.20 bits per heavy atom. The summed E-state index contributed by atoms with van der Waals surface area (Å²) in [7, 11) is 0. The van der Waals surface area contributed by atoms with E-state index in [-0.39, 0.29) is 17.1 Å². The molecule has 0 atom stereocenters. The van der Waals surface area contributed by atoms with Crippen molar-refractivity contribution in [2.45, 2.75) is 57.5 Å². The number of carbonyl (C=O) groups is 1. The van der Waals surface area contributed by atoms with Gasteiger partial charge in [0.05, 0.1) is 5.56 Å². The van der Waals surface area contributed by atoms with E-state index in [9.17, 15) is 13.6 Å². The molecule has 0 N–H and O–H groups in total. The Morgan fingerprint density at radius 1 is 1.03 bits per heavy atom. The van der Waals surface area contributed by atoms with Crippen LogP contribution < -0.4 is 9.47 Å². The zero-order chi connectivity index (χ0) is 21.6. The smallest absolute Gasteiger partial charge is 0.426 e. The van der Waals surface area contributed by atoms with Crippen LogP contribution in [0, 0.1) is 5.92 Å². The predicted octanol–water partition coefficient (Wildman–Crippen LogP) is 6.98. The minimum atomic E-state index is -3.50. The van der Waals surface area contributed by atoms with Crippen LogP contribution in [-0.2, 0) is 10.9 Å². The van der Waals surface area contributed by atoms with Crippen molar-refractivity contribution in [3.8, 4) is 11.5 Å². The lowest BCUT2D eigenvalue weighted by atomic mass is 9.77. The third-order valence-electron chi connectivity index (χ3n) is 5.72. The molecule has 1 aliphatic carbocycles. The number of alkyl halides is 2. The fourth-order valence-electron chi connectivity index (χ4n) is 4.08. The van der Waals surface area contributed by atoms with Crippen LogP contribution in [0.1, 0.15) is 62.5 Å². The van der Waals surface area contributed by atoms with Crippen molar-refractivity contribution in [3.05, 3.63) is 72.3 Å². The molecule has 0 aromatic heterocycles. The highest BCUT2D eigenvalue weighted by atomic mass is 19.3. The molecule has 2 aromatic carbocycles. The normalized spacial score (nSPS) is 19.2. The van der Waals surface area contributed by atoms with Gasteiger partial charge in [-0.25, -0.2) is 4.79 Å². The number of ether oxygens (including phenoxy) is 2. The Balaban J connectivity index is 1.60. The highest BCUT2D eigenvalue weighted by Crippen LogP contribution is 2.38. The number of carbonyl (C=O) groups excluding carboxylic acids is 1. The summed E-state index contributed by atoms with van der Waals surface area (Å²) in [5, 5.41) is 0. The summed E-state index contributed by atoms with van der Waals surface area (Å²) in [6.45, 7) is 5.52. The number of esters is 1. The molecular weight excluding hydrogens is 386 g/mol. The SMILES string of the molecule is C=CC(=O)Oc1ccc(C(F)(F)Oc2ccc(C3CCC(CCC)CC3)cc2)cc1. The maximum absolute atomic E-state index is 14.5. The van der Waals surface area contributed by atoms with Crippen molar-refractivity contribution >= 4 is 5.97 Å². The lowest BCUT2D eigenvalue weighted by Crippen LogP contribution is -2.21. The van der Waals surface area contributed by atoms with Gasteiger partial charge in [-0.1, -0.05) is 38.5 Å². The molecule has 1 aliphatic rings. The molecule has 0 unspecified atom stereocenters. The summed E-state index contributed by atoms with van der Waals surface area (Å²) in [5.41, 5.74) is 0.869. The number of benzene rings is 2. The van der Waals surface area contributed by atoms with Crippen LogP contribution in [0.25, 0.3) is 0 Å². The van der Waals surface area contributed by atoms with Gasteiger partial charge in [0.1, 0.15) is 11.5 Å². The van der Waals surface area contributed by atoms with E-state index in [4.69, 9.17) is 9.47 Å². The first-order valence-electron chi connectivity index (χ1n) is 10.5. The Kier molecular flexibility index (Phi) is 7.24. The van der Waals surface area contributed by atoms with Gasteiger partial charge < -0.3 is 9.47 Å². The molecule has 0 bridgehead atoms. The van der Waals surface area contributed by atoms with Crippen LogP contribution in [-0.4, -0.2) is 5.97 Å². The van der Waals surface area contributed by atoms with Gasteiger partial charge >= 0.3 is 12.1 Å². The predicted molar refractivity (Wildman–Crippen MR) is 113 cm³/mol. The minimum absolute atomic E-state index is 0.116. The van der Waals surface area contributed by atoms with Crippen molar-refractivity contribution < 1.29 is 23.0 Å². The van der Waals surface area contributed by atoms with Crippen molar-refractivity contribution in [3.63, 3.8) is 0 Å². The van der Waals surface area contributed by atoms with E-state index < -0.39 is 12.1 Å². The van der Waals surface area contributed by atoms with Gasteiger partial charge in [0.15, 0.2) is 0 Å². The molecule has 5 heteroatoms. The highest BCUT2D eigenvalue weighted by molar-refractivity contribution is 5.83. The van der Waals surface area contributed by atoms with Gasteiger partial charge in [0.25, 0.3) is 0 Å². The number of hydrogen-bond donors (Lipinski definition) is 0. The first kappa shape index (κ1) is 22.0. The molecule has 0 heterocycles. The van der Waals surface area contributed by atoms with Gasteiger partial charge in [-0.15, -0.1) is 0 Å². The van der Waals surface area contributed by atoms with Crippen molar-refractivity contribution in [1.82, 2.24) is 0 Å². The third-order valence-corrected chi connectivity index (χ3v) is 5.72. The molecule has 160 valence electrons. The van der Waals surface area contributed by atoms with Crippen molar-refractivity contribution in [1.29, 1.82) is 0 Å². The second-order valence-electron chi connectivity index (χ2n) is 7.84. The van der Waals surface area contributed by atoms with Gasteiger partial charge in [-0.2, -0.15) is 8.78 Å². The van der Waals surface area contributed by atoms with Crippen LogP contribution in [0.3, 0.4) is 0 Å². The average molecular weight is 414 g/mol. The fourth-order valence-corrected chi connectivity index (χ4v) is 4.08. The van der Waals surface area contributed by atoms with E-state index in [1.54, 1.807) is 12.1 Å². The first-order valence-corrected chi connectivity index (χ1v) is 10.5. The second kappa shape index (κ2) is 9.88. The molecule has 1 fully saturated rings. The highest BCUT2D eigenvalue weighted by Gasteiger charge is 2.34. The molecule has 0 amide bonds. The summed E-state index contributed by atoms with van der Waals surface area (Å²) in [6, 6.07) is 12.0. The molecule has 1 saturated carbocycles. The Labute approximate surface area is 176 Å². The van der Waals surface area contributed by atoms with Gasteiger partial charge in [-0.05, 0) is 79.5 Å². The molecule has 0 saturated heterocycles. The average Bonchev–Trinajstić information content (AvgIpc) is 2.75. The Morgan fingerprint density at radius 2 is 1.63 bits per heavy atom. The Bertz CT molecular complexity index is 836. The number of halogens is 2.